The Morgan fingerprint density at radius 3 is 2.76 bits per heavy atom. The van der Waals surface area contributed by atoms with Gasteiger partial charge in [0.25, 0.3) is 0 Å². The molecule has 3 nitrogen and oxygen atoms in total. The first kappa shape index (κ1) is 14.0. The predicted molar refractivity (Wildman–Crippen MR) is 83.5 cm³/mol. The summed E-state index contributed by atoms with van der Waals surface area (Å²) >= 11 is 5.91. The van der Waals surface area contributed by atoms with Crippen LogP contribution in [-0.4, -0.2) is 5.97 Å². The van der Waals surface area contributed by atoms with Crippen molar-refractivity contribution in [1.29, 1.82) is 0 Å². The highest BCUT2D eigenvalue weighted by Crippen LogP contribution is 2.24. The van der Waals surface area contributed by atoms with Gasteiger partial charge >= 0.3 is 5.97 Å². The smallest absolute Gasteiger partial charge is 0.338 e. The van der Waals surface area contributed by atoms with Gasteiger partial charge in [-0.15, -0.1) is 0 Å². The van der Waals surface area contributed by atoms with Gasteiger partial charge < -0.3 is 10.5 Å². The van der Waals surface area contributed by atoms with Crippen LogP contribution in [0.4, 0.5) is 5.69 Å². The normalized spacial score (nSPS) is 13.0. The molecule has 2 aromatic carbocycles. The van der Waals surface area contributed by atoms with E-state index in [0.29, 0.717) is 16.3 Å². The van der Waals surface area contributed by atoms with Gasteiger partial charge in [-0.1, -0.05) is 29.8 Å². The van der Waals surface area contributed by atoms with E-state index < -0.39 is 5.97 Å². The molecule has 0 saturated heterocycles. The molecule has 0 radical (unpaired) electrons. The third kappa shape index (κ3) is 3.03. The highest BCUT2D eigenvalue weighted by Gasteiger charge is 2.13. The molecule has 0 bridgehead atoms. The van der Waals surface area contributed by atoms with Gasteiger partial charge in [0.15, 0.2) is 0 Å². The van der Waals surface area contributed by atoms with Crippen molar-refractivity contribution in [2.75, 3.05) is 5.73 Å². The second-order valence-electron chi connectivity index (χ2n) is 5.27. The number of hydrogen-bond acceptors (Lipinski definition) is 3. The quantitative estimate of drug-likeness (QED) is 0.693. The monoisotopic (exact) mass is 301 g/mol. The SMILES string of the molecule is Nc1ccc(C(=O)OCc2ccc3c(c2)CCC3)cc1Cl. The first-order valence-corrected chi connectivity index (χ1v) is 7.34. The number of hydrogen-bond donors (Lipinski definition) is 1. The summed E-state index contributed by atoms with van der Waals surface area (Å²) in [5.41, 5.74) is 10.3. The Morgan fingerprint density at radius 2 is 1.95 bits per heavy atom. The van der Waals surface area contributed by atoms with Crippen LogP contribution in [0.15, 0.2) is 36.4 Å². The Hall–Kier alpha value is -2.00. The van der Waals surface area contributed by atoms with E-state index >= 15 is 0 Å². The molecule has 0 fully saturated rings. The maximum absolute atomic E-state index is 12.0. The fourth-order valence-corrected chi connectivity index (χ4v) is 2.78. The minimum Gasteiger partial charge on any atom is -0.457 e. The van der Waals surface area contributed by atoms with Gasteiger partial charge in [0.2, 0.25) is 0 Å². The van der Waals surface area contributed by atoms with Crippen molar-refractivity contribution in [3.8, 4) is 0 Å². The number of anilines is 1. The average molecular weight is 302 g/mol. The van der Waals surface area contributed by atoms with Crippen LogP contribution in [-0.2, 0) is 24.2 Å². The van der Waals surface area contributed by atoms with Gasteiger partial charge in [0, 0.05) is 0 Å². The summed E-state index contributed by atoms with van der Waals surface area (Å²) < 4.78 is 5.33. The molecule has 4 heteroatoms. The predicted octanol–water partition coefficient (Wildman–Crippen LogP) is 3.77. The highest BCUT2D eigenvalue weighted by atomic mass is 35.5. The maximum Gasteiger partial charge on any atom is 0.338 e. The molecule has 2 aromatic rings. The summed E-state index contributed by atoms with van der Waals surface area (Å²) in [6, 6.07) is 11.0. The van der Waals surface area contributed by atoms with E-state index in [1.165, 1.54) is 23.6 Å². The van der Waals surface area contributed by atoms with Gasteiger partial charge in [-0.2, -0.15) is 0 Å². The van der Waals surface area contributed by atoms with E-state index in [4.69, 9.17) is 22.1 Å². The maximum atomic E-state index is 12.0. The fraction of sp³-hybridized carbons (Fsp3) is 0.235. The number of ether oxygens (including phenoxy) is 1. The van der Waals surface area contributed by atoms with Crippen molar-refractivity contribution in [3.05, 3.63) is 63.7 Å². The number of halogens is 1. The summed E-state index contributed by atoms with van der Waals surface area (Å²) in [6.07, 6.45) is 3.48. The van der Waals surface area contributed by atoms with E-state index in [9.17, 15) is 4.79 Å². The number of carbonyl (C=O) groups excluding carboxylic acids is 1. The van der Waals surface area contributed by atoms with Crippen molar-refractivity contribution in [2.24, 2.45) is 0 Å². The summed E-state index contributed by atoms with van der Waals surface area (Å²) in [5, 5.41) is 0.363. The lowest BCUT2D eigenvalue weighted by Crippen LogP contribution is -2.06. The number of nitrogen functional groups attached to an aromatic ring is 1. The average Bonchev–Trinajstić information content (AvgIpc) is 2.95. The van der Waals surface area contributed by atoms with Crippen molar-refractivity contribution >= 4 is 23.3 Å². The molecule has 3 rings (SSSR count). The van der Waals surface area contributed by atoms with Gasteiger partial charge in [0.1, 0.15) is 6.61 Å². The Labute approximate surface area is 128 Å². The molecular formula is C17H16ClNO2. The number of aryl methyl sites for hydroxylation is 2. The van der Waals surface area contributed by atoms with Gasteiger partial charge in [-0.05, 0) is 54.2 Å². The Morgan fingerprint density at radius 1 is 1.14 bits per heavy atom. The molecule has 0 aliphatic heterocycles. The minimum absolute atomic E-state index is 0.272. The van der Waals surface area contributed by atoms with Crippen LogP contribution in [0, 0.1) is 0 Å². The summed E-state index contributed by atoms with van der Waals surface area (Å²) in [4.78, 5) is 12.0. The van der Waals surface area contributed by atoms with Crippen LogP contribution in [0.3, 0.4) is 0 Å². The van der Waals surface area contributed by atoms with Crippen LogP contribution < -0.4 is 5.73 Å². The number of nitrogens with two attached hydrogens (primary N) is 1. The second kappa shape index (κ2) is 5.78. The van der Waals surface area contributed by atoms with E-state index in [2.05, 4.69) is 12.1 Å². The lowest BCUT2D eigenvalue weighted by atomic mass is 10.1. The molecule has 21 heavy (non-hydrogen) atoms. The second-order valence-corrected chi connectivity index (χ2v) is 5.68. The van der Waals surface area contributed by atoms with E-state index in [-0.39, 0.29) is 6.61 Å². The third-order valence-electron chi connectivity index (χ3n) is 3.77. The first-order valence-electron chi connectivity index (χ1n) is 6.96. The summed E-state index contributed by atoms with van der Waals surface area (Å²) in [7, 11) is 0. The summed E-state index contributed by atoms with van der Waals surface area (Å²) in [5.74, 6) is -0.391. The number of benzene rings is 2. The molecule has 2 N–H and O–H groups in total. The molecule has 0 unspecified atom stereocenters. The van der Waals surface area contributed by atoms with E-state index in [0.717, 1.165) is 18.4 Å². The summed E-state index contributed by atoms with van der Waals surface area (Å²) in [6.45, 7) is 0.272. The van der Waals surface area contributed by atoms with Crippen LogP contribution >= 0.6 is 11.6 Å². The molecule has 0 atom stereocenters. The zero-order chi connectivity index (χ0) is 14.8. The third-order valence-corrected chi connectivity index (χ3v) is 4.10. The zero-order valence-corrected chi connectivity index (χ0v) is 12.3. The first-order chi connectivity index (χ1) is 10.1. The molecule has 108 valence electrons. The minimum atomic E-state index is -0.391. The number of esters is 1. The lowest BCUT2D eigenvalue weighted by molar-refractivity contribution is 0.0472. The molecule has 1 aliphatic rings. The Bertz CT molecular complexity index is 697. The molecule has 0 aromatic heterocycles. The zero-order valence-electron chi connectivity index (χ0n) is 11.6. The van der Waals surface area contributed by atoms with Gasteiger partial charge in [-0.25, -0.2) is 4.79 Å². The fourth-order valence-electron chi connectivity index (χ4n) is 2.60. The molecule has 0 amide bonds. The number of carbonyl (C=O) groups is 1. The highest BCUT2D eigenvalue weighted by molar-refractivity contribution is 6.33. The molecule has 0 spiro atoms. The molecular weight excluding hydrogens is 286 g/mol. The van der Waals surface area contributed by atoms with Crippen LogP contribution in [0.25, 0.3) is 0 Å². The van der Waals surface area contributed by atoms with Crippen molar-refractivity contribution < 1.29 is 9.53 Å². The van der Waals surface area contributed by atoms with E-state index in [1.54, 1.807) is 12.1 Å². The Balaban J connectivity index is 1.67. The van der Waals surface area contributed by atoms with Crippen LogP contribution in [0.1, 0.15) is 33.5 Å². The Kier molecular flexibility index (Phi) is 3.84. The van der Waals surface area contributed by atoms with Crippen molar-refractivity contribution in [1.82, 2.24) is 0 Å². The van der Waals surface area contributed by atoms with Crippen LogP contribution in [0.5, 0.6) is 0 Å². The van der Waals surface area contributed by atoms with Gasteiger partial charge in [-0.3, -0.25) is 0 Å². The number of fused-ring (bicyclic) bond motifs is 1. The molecule has 1 aliphatic carbocycles. The van der Waals surface area contributed by atoms with Crippen molar-refractivity contribution in [3.63, 3.8) is 0 Å². The van der Waals surface area contributed by atoms with Gasteiger partial charge in [0.05, 0.1) is 16.3 Å². The topological polar surface area (TPSA) is 52.3 Å². The van der Waals surface area contributed by atoms with Crippen molar-refractivity contribution in [2.45, 2.75) is 25.9 Å². The largest absolute Gasteiger partial charge is 0.457 e. The number of rotatable bonds is 3. The standard InChI is InChI=1S/C17H16ClNO2/c18-15-9-14(6-7-16(15)19)17(20)21-10-11-4-5-12-2-1-3-13(12)8-11/h4-9H,1-3,10,19H2. The van der Waals surface area contributed by atoms with E-state index in [1.807, 2.05) is 6.07 Å². The lowest BCUT2D eigenvalue weighted by Gasteiger charge is -2.08. The molecule has 0 saturated carbocycles. The molecule has 0 heterocycles. The van der Waals surface area contributed by atoms with Crippen LogP contribution in [0.2, 0.25) is 5.02 Å².